The summed E-state index contributed by atoms with van der Waals surface area (Å²) in [5.41, 5.74) is 1.94. The van der Waals surface area contributed by atoms with E-state index in [1.54, 1.807) is 20.3 Å². The van der Waals surface area contributed by atoms with Crippen LogP contribution in [0.5, 0.6) is 11.5 Å². The summed E-state index contributed by atoms with van der Waals surface area (Å²) in [5, 5.41) is 2.87. The van der Waals surface area contributed by atoms with Crippen LogP contribution in [0.4, 0.5) is 0 Å². The molecule has 0 aliphatic heterocycles. The van der Waals surface area contributed by atoms with Crippen molar-refractivity contribution in [1.29, 1.82) is 0 Å². The van der Waals surface area contributed by atoms with E-state index in [1.165, 1.54) is 11.6 Å². The lowest BCUT2D eigenvalue weighted by atomic mass is 10.1. The van der Waals surface area contributed by atoms with E-state index in [-0.39, 0.29) is 5.91 Å². The van der Waals surface area contributed by atoms with Crippen LogP contribution in [0.15, 0.2) is 54.6 Å². The molecule has 0 atom stereocenters. The minimum atomic E-state index is -0.145. The number of methoxy groups -OCH3 is 2. The monoisotopic (exact) mass is 311 g/mol. The molecule has 120 valence electrons. The summed E-state index contributed by atoms with van der Waals surface area (Å²) in [6.07, 6.45) is 4.00. The quantitative estimate of drug-likeness (QED) is 0.799. The van der Waals surface area contributed by atoms with Crippen molar-refractivity contribution in [1.82, 2.24) is 5.32 Å². The van der Waals surface area contributed by atoms with Gasteiger partial charge in [-0.15, -0.1) is 0 Å². The molecule has 2 rings (SSSR count). The molecule has 1 amide bonds. The predicted molar refractivity (Wildman–Crippen MR) is 91.7 cm³/mol. The Bertz CT molecular complexity index is 643. The highest BCUT2D eigenvalue weighted by molar-refractivity contribution is 5.92. The first-order valence-corrected chi connectivity index (χ1v) is 7.45. The number of carbonyl (C=O) groups excluding carboxylic acids is 1. The van der Waals surface area contributed by atoms with Gasteiger partial charge >= 0.3 is 0 Å². The number of ether oxygens (including phenoxy) is 2. The third-order valence-electron chi connectivity index (χ3n) is 3.42. The minimum Gasteiger partial charge on any atom is -0.496 e. The topological polar surface area (TPSA) is 47.6 Å². The molecule has 0 aromatic heterocycles. The molecule has 0 heterocycles. The Kier molecular flexibility index (Phi) is 6.24. The molecule has 1 N–H and O–H groups in total. The molecule has 4 heteroatoms. The van der Waals surface area contributed by atoms with Gasteiger partial charge in [0.15, 0.2) is 0 Å². The largest absolute Gasteiger partial charge is 0.496 e. The van der Waals surface area contributed by atoms with Crippen LogP contribution in [-0.2, 0) is 11.2 Å². The van der Waals surface area contributed by atoms with Gasteiger partial charge in [-0.25, -0.2) is 0 Å². The van der Waals surface area contributed by atoms with E-state index < -0.39 is 0 Å². The van der Waals surface area contributed by atoms with Gasteiger partial charge in [-0.3, -0.25) is 4.79 Å². The SMILES string of the molecule is COc1cccc(OC)c1/C=C/C(=O)NCCc1ccccc1. The first-order chi connectivity index (χ1) is 11.2. The van der Waals surface area contributed by atoms with Crippen LogP contribution in [-0.4, -0.2) is 26.7 Å². The van der Waals surface area contributed by atoms with E-state index in [0.29, 0.717) is 18.0 Å². The smallest absolute Gasteiger partial charge is 0.244 e. The van der Waals surface area contributed by atoms with E-state index in [9.17, 15) is 4.79 Å². The second-order valence-corrected chi connectivity index (χ2v) is 4.94. The molecule has 0 radical (unpaired) electrons. The standard InChI is InChI=1S/C19H21NO3/c1-22-17-9-6-10-18(23-2)16(17)11-12-19(21)20-14-13-15-7-4-3-5-8-15/h3-12H,13-14H2,1-2H3,(H,20,21)/b12-11+. The van der Waals surface area contributed by atoms with Crippen LogP contribution in [0.3, 0.4) is 0 Å². The van der Waals surface area contributed by atoms with Gasteiger partial charge in [-0.05, 0) is 30.2 Å². The molecule has 2 aromatic rings. The van der Waals surface area contributed by atoms with Gasteiger partial charge in [0.25, 0.3) is 0 Å². The first kappa shape index (κ1) is 16.6. The number of hydrogen-bond donors (Lipinski definition) is 1. The second kappa shape index (κ2) is 8.63. The summed E-state index contributed by atoms with van der Waals surface area (Å²) in [6, 6.07) is 15.5. The lowest BCUT2D eigenvalue weighted by Crippen LogP contribution is -2.23. The Morgan fingerprint density at radius 2 is 1.65 bits per heavy atom. The van der Waals surface area contributed by atoms with Crippen molar-refractivity contribution in [2.24, 2.45) is 0 Å². The molecule has 0 aliphatic carbocycles. The van der Waals surface area contributed by atoms with Crippen LogP contribution < -0.4 is 14.8 Å². The molecule has 4 nitrogen and oxygen atoms in total. The summed E-state index contributed by atoms with van der Waals surface area (Å²) in [6.45, 7) is 0.593. The third-order valence-corrected chi connectivity index (χ3v) is 3.42. The molecule has 0 saturated carbocycles. The van der Waals surface area contributed by atoms with Crippen LogP contribution in [0.1, 0.15) is 11.1 Å². The van der Waals surface area contributed by atoms with Crippen molar-refractivity contribution < 1.29 is 14.3 Å². The predicted octanol–water partition coefficient (Wildman–Crippen LogP) is 3.08. The average molecular weight is 311 g/mol. The fourth-order valence-corrected chi connectivity index (χ4v) is 2.24. The maximum absolute atomic E-state index is 11.9. The highest BCUT2D eigenvalue weighted by atomic mass is 16.5. The number of nitrogens with one attached hydrogen (secondary N) is 1. The van der Waals surface area contributed by atoms with Crippen molar-refractivity contribution in [2.75, 3.05) is 20.8 Å². The van der Waals surface area contributed by atoms with E-state index in [2.05, 4.69) is 5.32 Å². The molecule has 0 bridgehead atoms. The number of benzene rings is 2. The zero-order chi connectivity index (χ0) is 16.5. The Morgan fingerprint density at radius 1 is 1.00 bits per heavy atom. The molecule has 0 aliphatic rings. The van der Waals surface area contributed by atoms with Crippen molar-refractivity contribution in [2.45, 2.75) is 6.42 Å². The Hall–Kier alpha value is -2.75. The minimum absolute atomic E-state index is 0.145. The fourth-order valence-electron chi connectivity index (χ4n) is 2.24. The summed E-state index contributed by atoms with van der Waals surface area (Å²) >= 11 is 0. The van der Waals surface area contributed by atoms with Crippen LogP contribution in [0.2, 0.25) is 0 Å². The summed E-state index contributed by atoms with van der Waals surface area (Å²) in [7, 11) is 3.18. The van der Waals surface area contributed by atoms with Crippen molar-refractivity contribution >= 4 is 12.0 Å². The summed E-state index contributed by atoms with van der Waals surface area (Å²) in [4.78, 5) is 11.9. The highest BCUT2D eigenvalue weighted by Crippen LogP contribution is 2.29. The Morgan fingerprint density at radius 3 is 2.26 bits per heavy atom. The molecule has 0 spiro atoms. The van der Waals surface area contributed by atoms with E-state index in [0.717, 1.165) is 12.0 Å². The summed E-state index contributed by atoms with van der Waals surface area (Å²) < 4.78 is 10.6. The van der Waals surface area contributed by atoms with Gasteiger partial charge < -0.3 is 14.8 Å². The Labute approximate surface area is 136 Å². The third kappa shape index (κ3) is 4.88. The lowest BCUT2D eigenvalue weighted by Gasteiger charge is -2.09. The molecule has 0 saturated heterocycles. The van der Waals surface area contributed by atoms with Gasteiger partial charge in [-0.2, -0.15) is 0 Å². The fraction of sp³-hybridized carbons (Fsp3) is 0.211. The van der Waals surface area contributed by atoms with Gasteiger partial charge in [0.2, 0.25) is 5.91 Å². The zero-order valence-electron chi connectivity index (χ0n) is 13.4. The van der Waals surface area contributed by atoms with E-state index in [4.69, 9.17) is 9.47 Å². The zero-order valence-corrected chi connectivity index (χ0v) is 13.4. The summed E-state index contributed by atoms with van der Waals surface area (Å²) in [5.74, 6) is 1.18. The van der Waals surface area contributed by atoms with Gasteiger partial charge in [-0.1, -0.05) is 36.4 Å². The number of carbonyl (C=O) groups is 1. The number of rotatable bonds is 7. The van der Waals surface area contributed by atoms with Crippen LogP contribution in [0, 0.1) is 0 Å². The number of amides is 1. The normalized spacial score (nSPS) is 10.5. The lowest BCUT2D eigenvalue weighted by molar-refractivity contribution is -0.116. The van der Waals surface area contributed by atoms with E-state index >= 15 is 0 Å². The Balaban J connectivity index is 1.93. The molecular weight excluding hydrogens is 290 g/mol. The maximum atomic E-state index is 11.9. The molecule has 0 unspecified atom stereocenters. The van der Waals surface area contributed by atoms with Crippen LogP contribution in [0.25, 0.3) is 6.08 Å². The maximum Gasteiger partial charge on any atom is 0.244 e. The molecule has 2 aromatic carbocycles. The van der Waals surface area contributed by atoms with Crippen molar-refractivity contribution in [3.05, 3.63) is 65.7 Å². The van der Waals surface area contributed by atoms with Crippen molar-refractivity contribution in [3.8, 4) is 11.5 Å². The molecular formula is C19H21NO3. The van der Waals surface area contributed by atoms with Gasteiger partial charge in [0.1, 0.15) is 11.5 Å². The molecule has 23 heavy (non-hydrogen) atoms. The highest BCUT2D eigenvalue weighted by Gasteiger charge is 2.06. The second-order valence-electron chi connectivity index (χ2n) is 4.94. The van der Waals surface area contributed by atoms with Crippen LogP contribution >= 0.6 is 0 Å². The van der Waals surface area contributed by atoms with Gasteiger partial charge in [0, 0.05) is 12.6 Å². The average Bonchev–Trinajstić information content (AvgIpc) is 2.60. The van der Waals surface area contributed by atoms with E-state index in [1.807, 2.05) is 48.5 Å². The molecule has 0 fully saturated rings. The number of hydrogen-bond acceptors (Lipinski definition) is 3. The van der Waals surface area contributed by atoms with Gasteiger partial charge in [0.05, 0.1) is 19.8 Å². The first-order valence-electron chi connectivity index (χ1n) is 7.45. The van der Waals surface area contributed by atoms with Crippen molar-refractivity contribution in [3.63, 3.8) is 0 Å².